The Labute approximate surface area is 46.3 Å². The first-order valence-corrected chi connectivity index (χ1v) is 2.27. The van der Waals surface area contributed by atoms with Gasteiger partial charge < -0.3 is 10.8 Å². The molecule has 0 radical (unpaired) electrons. The van der Waals surface area contributed by atoms with Gasteiger partial charge in [0, 0.05) is 6.04 Å². The van der Waals surface area contributed by atoms with Crippen LogP contribution in [-0.4, -0.2) is 23.7 Å². The zero-order chi connectivity index (χ0) is 6.73. The summed E-state index contributed by atoms with van der Waals surface area (Å²) in [4.78, 5) is 0. The zero-order valence-corrected chi connectivity index (χ0v) is 4.51. The van der Waals surface area contributed by atoms with Crippen LogP contribution in [0.1, 0.15) is 6.92 Å². The van der Waals surface area contributed by atoms with Crippen molar-refractivity contribution >= 4 is 0 Å². The number of aliphatic hydroxyl groups excluding tert-OH is 1. The number of hydrogen-bond donors (Lipinski definition) is 2. The molecule has 0 spiro atoms. The normalized spacial score (nSPS) is 18.8. The van der Waals surface area contributed by atoms with E-state index in [0.717, 1.165) is 0 Å². The van der Waals surface area contributed by atoms with Gasteiger partial charge in [0.25, 0.3) is 6.43 Å². The van der Waals surface area contributed by atoms with E-state index in [-0.39, 0.29) is 0 Å². The maximum absolute atomic E-state index is 11.3. The molecule has 2 atom stereocenters. The fraction of sp³-hybridized carbons (Fsp3) is 1.00. The number of alkyl halides is 2. The van der Waals surface area contributed by atoms with Gasteiger partial charge in [-0.25, -0.2) is 8.78 Å². The quantitative estimate of drug-likeness (QED) is 0.544. The molecule has 0 aromatic carbocycles. The first-order valence-electron chi connectivity index (χ1n) is 2.27. The SMILES string of the molecule is C[C@H](N)[C@H](O)C(F)F. The van der Waals surface area contributed by atoms with Crippen molar-refractivity contribution in [3.8, 4) is 0 Å². The molecule has 4 heteroatoms. The smallest absolute Gasteiger partial charge is 0.265 e. The molecule has 0 aliphatic rings. The van der Waals surface area contributed by atoms with Crippen LogP contribution >= 0.6 is 0 Å². The molecule has 0 aromatic rings. The minimum absolute atomic E-state index is 0.852. The third kappa shape index (κ3) is 2.18. The van der Waals surface area contributed by atoms with Crippen LogP contribution < -0.4 is 5.73 Å². The molecular weight excluding hydrogens is 116 g/mol. The van der Waals surface area contributed by atoms with Gasteiger partial charge in [-0.15, -0.1) is 0 Å². The molecule has 8 heavy (non-hydrogen) atoms. The highest BCUT2D eigenvalue weighted by molar-refractivity contribution is 4.67. The van der Waals surface area contributed by atoms with Crippen molar-refractivity contribution in [3.63, 3.8) is 0 Å². The zero-order valence-electron chi connectivity index (χ0n) is 4.51. The van der Waals surface area contributed by atoms with E-state index in [1.807, 2.05) is 0 Å². The molecule has 2 nitrogen and oxygen atoms in total. The first-order chi connectivity index (χ1) is 3.55. The second-order valence-corrected chi connectivity index (χ2v) is 1.68. The van der Waals surface area contributed by atoms with E-state index in [9.17, 15) is 8.78 Å². The largest absolute Gasteiger partial charge is 0.386 e. The molecule has 0 aliphatic carbocycles. The summed E-state index contributed by atoms with van der Waals surface area (Å²) in [6.07, 6.45) is -4.41. The number of rotatable bonds is 2. The minimum atomic E-state index is -2.73. The Morgan fingerprint density at radius 3 is 1.88 bits per heavy atom. The van der Waals surface area contributed by atoms with E-state index in [1.54, 1.807) is 0 Å². The first kappa shape index (κ1) is 7.78. The molecule has 3 N–H and O–H groups in total. The van der Waals surface area contributed by atoms with Gasteiger partial charge in [-0.05, 0) is 6.92 Å². The molecule has 0 aromatic heterocycles. The molecule has 0 unspecified atom stereocenters. The monoisotopic (exact) mass is 125 g/mol. The van der Waals surface area contributed by atoms with Crippen LogP contribution in [0.3, 0.4) is 0 Å². The van der Waals surface area contributed by atoms with Crippen molar-refractivity contribution in [2.24, 2.45) is 5.73 Å². The predicted molar refractivity (Wildman–Crippen MR) is 25.7 cm³/mol. The topological polar surface area (TPSA) is 46.2 Å². The Balaban J connectivity index is 3.46. The van der Waals surface area contributed by atoms with Crippen molar-refractivity contribution in [2.45, 2.75) is 25.5 Å². The lowest BCUT2D eigenvalue weighted by atomic mass is 10.2. The number of halogens is 2. The molecule has 0 fully saturated rings. The lowest BCUT2D eigenvalue weighted by molar-refractivity contribution is -0.0153. The molecule has 0 rings (SSSR count). The van der Waals surface area contributed by atoms with Crippen molar-refractivity contribution in [1.29, 1.82) is 0 Å². The summed E-state index contributed by atoms with van der Waals surface area (Å²) >= 11 is 0. The van der Waals surface area contributed by atoms with Crippen molar-refractivity contribution < 1.29 is 13.9 Å². The standard InChI is InChI=1S/C4H9F2NO/c1-2(7)3(8)4(5)6/h2-4,8H,7H2,1H3/t2-,3-/m0/s1. The summed E-state index contributed by atoms with van der Waals surface area (Å²) in [5.41, 5.74) is 4.91. The summed E-state index contributed by atoms with van der Waals surface area (Å²) in [7, 11) is 0. The minimum Gasteiger partial charge on any atom is -0.386 e. The van der Waals surface area contributed by atoms with E-state index in [1.165, 1.54) is 6.92 Å². The van der Waals surface area contributed by atoms with E-state index in [0.29, 0.717) is 0 Å². The lowest BCUT2D eigenvalue weighted by Gasteiger charge is -2.11. The van der Waals surface area contributed by atoms with Gasteiger partial charge in [0.1, 0.15) is 6.10 Å². The predicted octanol–water partition coefficient (Wildman–Crippen LogP) is -0.0404. The van der Waals surface area contributed by atoms with Crippen molar-refractivity contribution in [2.75, 3.05) is 0 Å². The molecule has 0 heterocycles. The Morgan fingerprint density at radius 2 is 1.88 bits per heavy atom. The molecule has 0 saturated heterocycles. The summed E-state index contributed by atoms with van der Waals surface area (Å²) in [5, 5.41) is 8.33. The van der Waals surface area contributed by atoms with Crippen LogP contribution in [0, 0.1) is 0 Å². The molecule has 0 bridgehead atoms. The molecule has 0 saturated carbocycles. The maximum Gasteiger partial charge on any atom is 0.265 e. The summed E-state index contributed by atoms with van der Waals surface area (Å²) in [6.45, 7) is 1.33. The Hall–Kier alpha value is -0.220. The Kier molecular flexibility index (Phi) is 2.86. The van der Waals surface area contributed by atoms with Gasteiger partial charge >= 0.3 is 0 Å². The van der Waals surface area contributed by atoms with Crippen LogP contribution in [0.5, 0.6) is 0 Å². The highest BCUT2D eigenvalue weighted by Gasteiger charge is 2.20. The molecule has 0 amide bonds. The molecular formula is C4H9F2NO. The summed E-state index contributed by atoms with van der Waals surface area (Å²) < 4.78 is 22.7. The summed E-state index contributed by atoms with van der Waals surface area (Å²) in [5.74, 6) is 0. The van der Waals surface area contributed by atoms with E-state index in [4.69, 9.17) is 10.8 Å². The van der Waals surface area contributed by atoms with Crippen LogP contribution in [0.15, 0.2) is 0 Å². The van der Waals surface area contributed by atoms with E-state index in [2.05, 4.69) is 0 Å². The maximum atomic E-state index is 11.3. The van der Waals surface area contributed by atoms with Crippen LogP contribution in [0.25, 0.3) is 0 Å². The van der Waals surface area contributed by atoms with Crippen LogP contribution in [0.2, 0.25) is 0 Å². The number of aliphatic hydroxyl groups is 1. The average Bonchev–Trinajstić information content (AvgIpc) is 1.64. The second kappa shape index (κ2) is 2.94. The average molecular weight is 125 g/mol. The van der Waals surface area contributed by atoms with Crippen LogP contribution in [-0.2, 0) is 0 Å². The molecule has 50 valence electrons. The third-order valence-electron chi connectivity index (χ3n) is 0.797. The second-order valence-electron chi connectivity index (χ2n) is 1.68. The Morgan fingerprint density at radius 1 is 1.50 bits per heavy atom. The molecule has 0 aliphatic heterocycles. The highest BCUT2D eigenvalue weighted by atomic mass is 19.3. The number of hydrogen-bond acceptors (Lipinski definition) is 2. The van der Waals surface area contributed by atoms with E-state index >= 15 is 0 Å². The van der Waals surface area contributed by atoms with E-state index < -0.39 is 18.6 Å². The lowest BCUT2D eigenvalue weighted by Crippen LogP contribution is -2.36. The van der Waals surface area contributed by atoms with Gasteiger partial charge in [-0.2, -0.15) is 0 Å². The Bertz CT molecular complexity index is 59.1. The third-order valence-corrected chi connectivity index (χ3v) is 0.797. The van der Waals surface area contributed by atoms with Crippen LogP contribution in [0.4, 0.5) is 8.78 Å². The van der Waals surface area contributed by atoms with Crippen molar-refractivity contribution in [3.05, 3.63) is 0 Å². The highest BCUT2D eigenvalue weighted by Crippen LogP contribution is 2.02. The van der Waals surface area contributed by atoms with Gasteiger partial charge in [0.15, 0.2) is 0 Å². The van der Waals surface area contributed by atoms with Crippen molar-refractivity contribution in [1.82, 2.24) is 0 Å². The van der Waals surface area contributed by atoms with Gasteiger partial charge in [-0.1, -0.05) is 0 Å². The fourth-order valence-electron chi connectivity index (χ4n) is 0.229. The fourth-order valence-corrected chi connectivity index (χ4v) is 0.229. The van der Waals surface area contributed by atoms with Gasteiger partial charge in [-0.3, -0.25) is 0 Å². The number of nitrogens with two attached hydrogens (primary N) is 1. The summed E-state index contributed by atoms with van der Waals surface area (Å²) in [6, 6.07) is -0.852. The van der Waals surface area contributed by atoms with Gasteiger partial charge in [0.2, 0.25) is 0 Å². The van der Waals surface area contributed by atoms with Gasteiger partial charge in [0.05, 0.1) is 0 Å².